The number of methoxy groups -OCH3 is 1. The topological polar surface area (TPSA) is 67.4 Å². The number of fused-ring (bicyclic) bond motifs is 2. The lowest BCUT2D eigenvalue weighted by molar-refractivity contribution is 0.0775. The van der Waals surface area contributed by atoms with Crippen molar-refractivity contribution in [1.82, 2.24) is 4.31 Å². The Morgan fingerprint density at radius 3 is 2.97 bits per heavy atom. The smallest absolute Gasteiger partial charge is 0.290 e. The summed E-state index contributed by atoms with van der Waals surface area (Å²) in [5, 5.41) is 3.35. The molecule has 2 N–H and O–H groups in total. The number of morpholine rings is 1. The van der Waals surface area contributed by atoms with E-state index < -0.39 is 0 Å². The van der Waals surface area contributed by atoms with Crippen molar-refractivity contribution >= 4 is 29.5 Å². The SMILES string of the molecule is COc1cccc2c1C(N=C1Nc3ccc(NSN4CCOCC4)cc3CO1)CC2. The lowest BCUT2D eigenvalue weighted by Crippen LogP contribution is -2.32. The van der Waals surface area contributed by atoms with Crippen LogP contribution in [0, 0.1) is 0 Å². The molecule has 30 heavy (non-hydrogen) atoms. The van der Waals surface area contributed by atoms with Crippen LogP contribution in [0.2, 0.25) is 0 Å². The average Bonchev–Trinajstić information content (AvgIpc) is 3.21. The summed E-state index contributed by atoms with van der Waals surface area (Å²) in [6.07, 6.45) is 1.99. The first kappa shape index (κ1) is 19.5. The van der Waals surface area contributed by atoms with Crippen molar-refractivity contribution in [2.45, 2.75) is 25.5 Å². The highest BCUT2D eigenvalue weighted by Crippen LogP contribution is 2.40. The van der Waals surface area contributed by atoms with Gasteiger partial charge in [-0.1, -0.05) is 12.1 Å². The van der Waals surface area contributed by atoms with E-state index in [1.54, 1.807) is 19.2 Å². The van der Waals surface area contributed by atoms with Crippen molar-refractivity contribution in [3.05, 3.63) is 53.1 Å². The van der Waals surface area contributed by atoms with Gasteiger partial charge in [0.1, 0.15) is 12.4 Å². The van der Waals surface area contributed by atoms with Gasteiger partial charge in [-0.15, -0.1) is 0 Å². The molecule has 5 rings (SSSR count). The summed E-state index contributed by atoms with van der Waals surface area (Å²) in [5.41, 5.74) is 5.72. The van der Waals surface area contributed by atoms with E-state index in [2.05, 4.69) is 38.6 Å². The van der Waals surface area contributed by atoms with Gasteiger partial charge in [0.25, 0.3) is 6.02 Å². The van der Waals surface area contributed by atoms with Crippen LogP contribution in [0.1, 0.15) is 29.2 Å². The van der Waals surface area contributed by atoms with E-state index >= 15 is 0 Å². The number of benzene rings is 2. The predicted molar refractivity (Wildman–Crippen MR) is 120 cm³/mol. The van der Waals surface area contributed by atoms with Crippen LogP contribution in [-0.4, -0.2) is 43.7 Å². The van der Waals surface area contributed by atoms with Gasteiger partial charge in [0.05, 0.1) is 26.4 Å². The number of rotatable bonds is 5. The van der Waals surface area contributed by atoms with Crippen molar-refractivity contribution in [3.63, 3.8) is 0 Å². The van der Waals surface area contributed by atoms with Crippen LogP contribution in [0.4, 0.5) is 11.4 Å². The maximum Gasteiger partial charge on any atom is 0.290 e. The molecule has 0 spiro atoms. The van der Waals surface area contributed by atoms with Gasteiger partial charge in [0, 0.05) is 47.7 Å². The van der Waals surface area contributed by atoms with E-state index in [0.29, 0.717) is 12.6 Å². The molecule has 2 aromatic carbocycles. The average molecular weight is 427 g/mol. The highest BCUT2D eigenvalue weighted by Gasteiger charge is 2.27. The number of amidine groups is 1. The second-order valence-corrected chi connectivity index (χ2v) is 8.45. The second kappa shape index (κ2) is 8.75. The molecule has 2 aromatic rings. The number of ether oxygens (including phenoxy) is 3. The predicted octanol–water partition coefficient (Wildman–Crippen LogP) is 3.99. The van der Waals surface area contributed by atoms with E-state index in [-0.39, 0.29) is 6.04 Å². The molecule has 3 aliphatic rings. The molecule has 1 unspecified atom stereocenters. The summed E-state index contributed by atoms with van der Waals surface area (Å²) >= 11 is 1.63. The van der Waals surface area contributed by atoms with E-state index in [1.807, 2.05) is 12.1 Å². The second-order valence-electron chi connectivity index (χ2n) is 7.54. The van der Waals surface area contributed by atoms with Crippen LogP contribution in [0.3, 0.4) is 0 Å². The van der Waals surface area contributed by atoms with Crippen LogP contribution in [-0.2, 0) is 22.5 Å². The molecule has 0 saturated carbocycles. The minimum atomic E-state index is 0.0612. The Morgan fingerprint density at radius 1 is 1.20 bits per heavy atom. The molecule has 7 nitrogen and oxygen atoms in total. The van der Waals surface area contributed by atoms with Crippen molar-refractivity contribution < 1.29 is 14.2 Å². The number of hydrogen-bond acceptors (Lipinski definition) is 7. The fourth-order valence-electron chi connectivity index (χ4n) is 4.09. The van der Waals surface area contributed by atoms with Crippen molar-refractivity contribution in [2.24, 2.45) is 4.99 Å². The zero-order chi connectivity index (χ0) is 20.3. The van der Waals surface area contributed by atoms with Crippen LogP contribution in [0.25, 0.3) is 0 Å². The summed E-state index contributed by atoms with van der Waals surface area (Å²) in [4.78, 5) is 4.87. The van der Waals surface area contributed by atoms with Gasteiger partial charge in [0.2, 0.25) is 0 Å². The number of aliphatic imine (C=N–C) groups is 1. The van der Waals surface area contributed by atoms with Gasteiger partial charge in [-0.2, -0.15) is 0 Å². The summed E-state index contributed by atoms with van der Waals surface area (Å²) < 4.78 is 22.6. The minimum Gasteiger partial charge on any atom is -0.496 e. The quantitative estimate of drug-likeness (QED) is 0.701. The molecule has 1 atom stereocenters. The molecular formula is C22H26N4O3S. The molecule has 0 bridgehead atoms. The first-order chi connectivity index (χ1) is 14.8. The number of nitrogens with one attached hydrogen (secondary N) is 2. The van der Waals surface area contributed by atoms with E-state index in [9.17, 15) is 0 Å². The lowest BCUT2D eigenvalue weighted by atomic mass is 10.1. The van der Waals surface area contributed by atoms with E-state index in [0.717, 1.165) is 61.8 Å². The molecule has 2 heterocycles. The number of nitrogens with zero attached hydrogens (tertiary/aromatic N) is 2. The Morgan fingerprint density at radius 2 is 2.10 bits per heavy atom. The maximum absolute atomic E-state index is 5.94. The fourth-order valence-corrected chi connectivity index (χ4v) is 4.78. The molecule has 1 aliphatic carbocycles. The normalized spacial score (nSPS) is 22.0. The van der Waals surface area contributed by atoms with Crippen molar-refractivity contribution in [2.75, 3.05) is 43.5 Å². The Kier molecular flexibility index (Phi) is 5.70. The first-order valence-electron chi connectivity index (χ1n) is 10.3. The molecule has 0 radical (unpaired) electrons. The first-order valence-corrected chi connectivity index (χ1v) is 11.1. The van der Waals surface area contributed by atoms with Gasteiger partial charge < -0.3 is 24.2 Å². The fraction of sp³-hybridized carbons (Fsp3) is 0.409. The molecular weight excluding hydrogens is 400 g/mol. The van der Waals surface area contributed by atoms with Gasteiger partial charge in [-0.3, -0.25) is 0 Å². The van der Waals surface area contributed by atoms with E-state index in [1.165, 1.54) is 11.1 Å². The largest absolute Gasteiger partial charge is 0.496 e. The third kappa shape index (κ3) is 4.08. The summed E-state index contributed by atoms with van der Waals surface area (Å²) in [5.74, 6) is 0.907. The zero-order valence-corrected chi connectivity index (χ0v) is 17.8. The molecule has 1 fully saturated rings. The third-order valence-electron chi connectivity index (χ3n) is 5.64. The maximum atomic E-state index is 5.94. The molecule has 158 valence electrons. The molecule has 1 saturated heterocycles. The number of hydrogen-bond donors (Lipinski definition) is 2. The number of anilines is 2. The Hall–Kier alpha value is -2.42. The van der Waals surface area contributed by atoms with Crippen molar-refractivity contribution in [3.8, 4) is 5.75 Å². The Bertz CT molecular complexity index is 946. The van der Waals surface area contributed by atoms with Gasteiger partial charge in [0.15, 0.2) is 0 Å². The van der Waals surface area contributed by atoms with Crippen LogP contribution < -0.4 is 14.8 Å². The lowest BCUT2D eigenvalue weighted by Gasteiger charge is -2.26. The standard InChI is InChI=1S/C22H26N4O3S/c1-27-20-4-2-3-15-5-7-19(21(15)20)24-22-23-18-8-6-17(13-16(18)14-29-22)25-30-26-9-11-28-12-10-26/h2-4,6,8,13,19,25H,5,7,9-12,14H2,1H3,(H,23,24). The minimum absolute atomic E-state index is 0.0612. The van der Waals surface area contributed by atoms with Crippen LogP contribution in [0.15, 0.2) is 41.4 Å². The molecule has 0 aromatic heterocycles. The van der Waals surface area contributed by atoms with Gasteiger partial charge >= 0.3 is 0 Å². The third-order valence-corrected chi connectivity index (χ3v) is 6.59. The van der Waals surface area contributed by atoms with Crippen LogP contribution >= 0.6 is 12.1 Å². The zero-order valence-electron chi connectivity index (χ0n) is 17.0. The summed E-state index contributed by atoms with van der Waals surface area (Å²) in [7, 11) is 1.71. The molecule has 2 aliphatic heterocycles. The summed E-state index contributed by atoms with van der Waals surface area (Å²) in [6.45, 7) is 3.95. The van der Waals surface area contributed by atoms with Crippen LogP contribution in [0.5, 0.6) is 5.75 Å². The highest BCUT2D eigenvalue weighted by molar-refractivity contribution is 7.98. The van der Waals surface area contributed by atoms with Gasteiger partial charge in [-0.25, -0.2) is 9.30 Å². The van der Waals surface area contributed by atoms with Crippen molar-refractivity contribution in [1.29, 1.82) is 0 Å². The summed E-state index contributed by atoms with van der Waals surface area (Å²) in [6, 6.07) is 13.1. The monoisotopic (exact) mass is 426 g/mol. The number of aryl methyl sites for hydroxylation is 1. The molecule has 8 heteroatoms. The Balaban J connectivity index is 1.26. The Labute approximate surface area is 181 Å². The molecule has 0 amide bonds. The van der Waals surface area contributed by atoms with E-state index in [4.69, 9.17) is 19.2 Å². The highest BCUT2D eigenvalue weighted by atomic mass is 32.2. The van der Waals surface area contributed by atoms with Gasteiger partial charge in [-0.05, 0) is 42.7 Å².